The first-order valence-corrected chi connectivity index (χ1v) is 6.39. The number of aromatic nitrogens is 2. The Kier molecular flexibility index (Phi) is 3.61. The molecular formula is C10H14N4OS. The molecule has 86 valence electrons. The van der Waals surface area contributed by atoms with Gasteiger partial charge in [0.2, 0.25) is 0 Å². The van der Waals surface area contributed by atoms with E-state index in [0.717, 1.165) is 12.8 Å². The number of rotatable bonds is 3. The highest BCUT2D eigenvalue weighted by atomic mass is 32.2. The van der Waals surface area contributed by atoms with E-state index >= 15 is 0 Å². The summed E-state index contributed by atoms with van der Waals surface area (Å²) in [7, 11) is 0. The molecular weight excluding hydrogens is 224 g/mol. The Morgan fingerprint density at radius 1 is 1.38 bits per heavy atom. The van der Waals surface area contributed by atoms with E-state index < -0.39 is 5.91 Å². The molecule has 1 aromatic rings. The zero-order valence-corrected chi connectivity index (χ0v) is 9.67. The number of primary amides is 1. The zero-order valence-electron chi connectivity index (χ0n) is 8.85. The number of nitrogens with two attached hydrogens (primary N) is 1. The van der Waals surface area contributed by atoms with Crippen molar-refractivity contribution in [3.8, 4) is 0 Å². The van der Waals surface area contributed by atoms with Crippen LogP contribution in [0.2, 0.25) is 0 Å². The van der Waals surface area contributed by atoms with Crippen LogP contribution in [-0.4, -0.2) is 33.7 Å². The maximum atomic E-state index is 10.8. The third-order valence-electron chi connectivity index (χ3n) is 2.49. The second-order valence-electron chi connectivity index (χ2n) is 3.70. The van der Waals surface area contributed by atoms with Crippen LogP contribution in [0.5, 0.6) is 0 Å². The predicted molar refractivity (Wildman–Crippen MR) is 64.5 cm³/mol. The molecule has 0 unspecified atom stereocenters. The number of hydrogen-bond acceptors (Lipinski definition) is 5. The zero-order chi connectivity index (χ0) is 11.4. The molecule has 6 heteroatoms. The summed E-state index contributed by atoms with van der Waals surface area (Å²) in [6.45, 7) is 0. The van der Waals surface area contributed by atoms with Crippen molar-refractivity contribution in [2.24, 2.45) is 5.73 Å². The lowest BCUT2D eigenvalue weighted by atomic mass is 10.1. The van der Waals surface area contributed by atoms with Gasteiger partial charge in [0.25, 0.3) is 5.91 Å². The molecule has 5 nitrogen and oxygen atoms in total. The molecule has 16 heavy (non-hydrogen) atoms. The molecule has 1 aliphatic heterocycles. The van der Waals surface area contributed by atoms with Gasteiger partial charge in [-0.1, -0.05) is 0 Å². The van der Waals surface area contributed by atoms with E-state index in [2.05, 4.69) is 15.5 Å². The van der Waals surface area contributed by atoms with Gasteiger partial charge in [0.05, 0.1) is 0 Å². The first-order chi connectivity index (χ1) is 7.75. The van der Waals surface area contributed by atoms with Gasteiger partial charge in [-0.25, -0.2) is 0 Å². The predicted octanol–water partition coefficient (Wildman–Crippen LogP) is 0.883. The van der Waals surface area contributed by atoms with Gasteiger partial charge in [-0.3, -0.25) is 4.79 Å². The van der Waals surface area contributed by atoms with Gasteiger partial charge >= 0.3 is 0 Å². The molecule has 3 N–H and O–H groups in total. The number of carbonyl (C=O) groups is 1. The fourth-order valence-electron chi connectivity index (χ4n) is 1.59. The van der Waals surface area contributed by atoms with Crippen LogP contribution in [0.15, 0.2) is 12.1 Å². The summed E-state index contributed by atoms with van der Waals surface area (Å²) in [5, 5.41) is 11.0. The Bertz CT molecular complexity index is 362. The second-order valence-corrected chi connectivity index (χ2v) is 4.92. The highest BCUT2D eigenvalue weighted by Crippen LogP contribution is 2.19. The lowest BCUT2D eigenvalue weighted by molar-refractivity contribution is 0.0994. The quantitative estimate of drug-likeness (QED) is 0.817. The molecule has 1 saturated heterocycles. The highest BCUT2D eigenvalue weighted by molar-refractivity contribution is 7.99. The normalized spacial score (nSPS) is 17.0. The van der Waals surface area contributed by atoms with Crippen molar-refractivity contribution in [2.75, 3.05) is 16.8 Å². The van der Waals surface area contributed by atoms with Gasteiger partial charge in [0.1, 0.15) is 5.82 Å². The minimum atomic E-state index is -0.548. The standard InChI is InChI=1S/C10H14N4OS/c11-10(15)8-1-2-9(14-13-8)12-7-3-5-16-6-4-7/h1-2,7H,3-6H2,(H2,11,15)(H,12,14). The van der Waals surface area contributed by atoms with Crippen LogP contribution < -0.4 is 11.1 Å². The van der Waals surface area contributed by atoms with E-state index in [1.165, 1.54) is 11.5 Å². The Morgan fingerprint density at radius 2 is 2.12 bits per heavy atom. The first kappa shape index (κ1) is 11.2. The van der Waals surface area contributed by atoms with Crippen molar-refractivity contribution in [2.45, 2.75) is 18.9 Å². The SMILES string of the molecule is NC(=O)c1ccc(NC2CCSCC2)nn1. The van der Waals surface area contributed by atoms with Gasteiger partial charge in [0.15, 0.2) is 5.69 Å². The number of anilines is 1. The van der Waals surface area contributed by atoms with Gasteiger partial charge in [-0.05, 0) is 36.5 Å². The monoisotopic (exact) mass is 238 g/mol. The Hall–Kier alpha value is -1.30. The van der Waals surface area contributed by atoms with E-state index in [1.54, 1.807) is 12.1 Å². The minimum absolute atomic E-state index is 0.199. The minimum Gasteiger partial charge on any atom is -0.366 e. The molecule has 2 heterocycles. The Labute approximate surface area is 98.2 Å². The average molecular weight is 238 g/mol. The van der Waals surface area contributed by atoms with E-state index in [1.807, 2.05) is 11.8 Å². The average Bonchev–Trinajstić information content (AvgIpc) is 2.31. The summed E-state index contributed by atoms with van der Waals surface area (Å²) in [6, 6.07) is 3.80. The van der Waals surface area contributed by atoms with E-state index in [9.17, 15) is 4.79 Å². The van der Waals surface area contributed by atoms with Gasteiger partial charge in [0, 0.05) is 6.04 Å². The molecule has 1 amide bonds. The summed E-state index contributed by atoms with van der Waals surface area (Å²) >= 11 is 1.98. The molecule has 2 rings (SSSR count). The first-order valence-electron chi connectivity index (χ1n) is 5.23. The van der Waals surface area contributed by atoms with Crippen molar-refractivity contribution in [3.63, 3.8) is 0 Å². The number of thioether (sulfide) groups is 1. The molecule has 0 atom stereocenters. The van der Waals surface area contributed by atoms with Gasteiger partial charge in [-0.15, -0.1) is 10.2 Å². The van der Waals surface area contributed by atoms with Crippen molar-refractivity contribution < 1.29 is 4.79 Å². The molecule has 0 bridgehead atoms. The maximum Gasteiger partial charge on any atom is 0.269 e. The largest absolute Gasteiger partial charge is 0.366 e. The summed E-state index contributed by atoms with van der Waals surface area (Å²) in [6.07, 6.45) is 2.29. The number of nitrogens with zero attached hydrogens (tertiary/aromatic N) is 2. The van der Waals surface area contributed by atoms with Crippen LogP contribution >= 0.6 is 11.8 Å². The molecule has 0 aromatic carbocycles. The summed E-state index contributed by atoms with van der Waals surface area (Å²) < 4.78 is 0. The van der Waals surface area contributed by atoms with Crippen LogP contribution in [0, 0.1) is 0 Å². The smallest absolute Gasteiger partial charge is 0.269 e. The number of amides is 1. The Balaban J connectivity index is 1.96. The van der Waals surface area contributed by atoms with E-state index in [4.69, 9.17) is 5.73 Å². The van der Waals surface area contributed by atoms with Crippen molar-refractivity contribution in [1.29, 1.82) is 0 Å². The number of nitrogens with one attached hydrogen (secondary N) is 1. The lowest BCUT2D eigenvalue weighted by Gasteiger charge is -2.22. The molecule has 1 aliphatic rings. The summed E-state index contributed by atoms with van der Waals surface area (Å²) in [5.74, 6) is 2.53. The Morgan fingerprint density at radius 3 is 2.69 bits per heavy atom. The van der Waals surface area contributed by atoms with Crippen molar-refractivity contribution >= 4 is 23.5 Å². The summed E-state index contributed by atoms with van der Waals surface area (Å²) in [5.41, 5.74) is 5.28. The molecule has 1 fully saturated rings. The van der Waals surface area contributed by atoms with Crippen molar-refractivity contribution in [1.82, 2.24) is 10.2 Å². The van der Waals surface area contributed by atoms with Crippen LogP contribution in [0.3, 0.4) is 0 Å². The van der Waals surface area contributed by atoms with Crippen molar-refractivity contribution in [3.05, 3.63) is 17.8 Å². The molecule has 0 radical (unpaired) electrons. The maximum absolute atomic E-state index is 10.8. The lowest BCUT2D eigenvalue weighted by Crippen LogP contribution is -2.25. The number of carbonyl (C=O) groups excluding carboxylic acids is 1. The highest BCUT2D eigenvalue weighted by Gasteiger charge is 2.14. The van der Waals surface area contributed by atoms with Crippen LogP contribution in [0.25, 0.3) is 0 Å². The molecule has 0 saturated carbocycles. The third-order valence-corrected chi connectivity index (χ3v) is 3.54. The van der Waals surface area contributed by atoms with Gasteiger partial charge in [-0.2, -0.15) is 11.8 Å². The third kappa shape index (κ3) is 2.85. The molecule has 1 aromatic heterocycles. The fourth-order valence-corrected chi connectivity index (χ4v) is 2.70. The molecule has 0 spiro atoms. The van der Waals surface area contributed by atoms with E-state index in [-0.39, 0.29) is 5.69 Å². The second kappa shape index (κ2) is 5.16. The molecule has 0 aliphatic carbocycles. The van der Waals surface area contributed by atoms with E-state index in [0.29, 0.717) is 11.9 Å². The fraction of sp³-hybridized carbons (Fsp3) is 0.500. The summed E-state index contributed by atoms with van der Waals surface area (Å²) in [4.78, 5) is 10.8. The topological polar surface area (TPSA) is 80.9 Å². The van der Waals surface area contributed by atoms with Gasteiger partial charge < -0.3 is 11.1 Å². The van der Waals surface area contributed by atoms with Crippen LogP contribution in [0.4, 0.5) is 5.82 Å². The number of hydrogen-bond donors (Lipinski definition) is 2. The van der Waals surface area contributed by atoms with Crippen LogP contribution in [-0.2, 0) is 0 Å². The van der Waals surface area contributed by atoms with Crippen LogP contribution in [0.1, 0.15) is 23.3 Å².